The van der Waals surface area contributed by atoms with Gasteiger partial charge >= 0.3 is 0 Å². The molecule has 0 bridgehead atoms. The smallest absolute Gasteiger partial charge is 0.244 e. The number of carbonyl (C=O) groups excluding carboxylic acids is 2. The van der Waals surface area contributed by atoms with E-state index in [1.807, 2.05) is 24.3 Å². The van der Waals surface area contributed by atoms with Crippen molar-refractivity contribution in [3.63, 3.8) is 0 Å². The summed E-state index contributed by atoms with van der Waals surface area (Å²) in [7, 11) is 3.41. The fraction of sp³-hybridized carbons (Fsp3) is 0.500. The number of rotatable bonds is 4. The molecule has 5 heteroatoms. The number of amides is 2. The second kappa shape index (κ2) is 6.61. The van der Waals surface area contributed by atoms with Gasteiger partial charge in [0.25, 0.3) is 0 Å². The van der Waals surface area contributed by atoms with Gasteiger partial charge in [-0.05, 0) is 31.0 Å². The van der Waals surface area contributed by atoms with Crippen molar-refractivity contribution in [3.05, 3.63) is 29.8 Å². The molecule has 1 atom stereocenters. The number of methoxy groups -OCH3 is 1. The number of likely N-dealkylation sites (N-methyl/N-ethyl adjacent to an activating group) is 1. The SMILES string of the molecule is COc1ccc(CCC(=O)N2CCN(C)C(=O)C2C)cc1. The lowest BCUT2D eigenvalue weighted by atomic mass is 10.1. The molecule has 2 amide bonds. The highest BCUT2D eigenvalue weighted by molar-refractivity contribution is 5.88. The molecule has 0 radical (unpaired) electrons. The number of nitrogens with zero attached hydrogens (tertiary/aromatic N) is 2. The quantitative estimate of drug-likeness (QED) is 0.840. The van der Waals surface area contributed by atoms with E-state index in [0.717, 1.165) is 11.3 Å². The summed E-state index contributed by atoms with van der Waals surface area (Å²) in [5.74, 6) is 0.863. The molecular weight excluding hydrogens is 268 g/mol. The molecule has 1 heterocycles. The molecule has 1 unspecified atom stereocenters. The number of aryl methyl sites for hydroxylation is 1. The van der Waals surface area contributed by atoms with Gasteiger partial charge in [0, 0.05) is 26.6 Å². The minimum atomic E-state index is -0.355. The molecule has 21 heavy (non-hydrogen) atoms. The Morgan fingerprint density at radius 3 is 2.57 bits per heavy atom. The Hall–Kier alpha value is -2.04. The molecule has 114 valence electrons. The minimum absolute atomic E-state index is 0.0130. The van der Waals surface area contributed by atoms with Crippen molar-refractivity contribution in [2.24, 2.45) is 0 Å². The second-order valence-corrected chi connectivity index (χ2v) is 5.37. The monoisotopic (exact) mass is 290 g/mol. The Morgan fingerprint density at radius 1 is 1.29 bits per heavy atom. The van der Waals surface area contributed by atoms with Gasteiger partial charge in [0.15, 0.2) is 0 Å². The van der Waals surface area contributed by atoms with Gasteiger partial charge in [0.1, 0.15) is 11.8 Å². The summed E-state index contributed by atoms with van der Waals surface area (Å²) in [6.07, 6.45) is 1.10. The summed E-state index contributed by atoms with van der Waals surface area (Å²) < 4.78 is 5.11. The van der Waals surface area contributed by atoms with Gasteiger partial charge in [0.05, 0.1) is 7.11 Å². The molecular formula is C16H22N2O3. The van der Waals surface area contributed by atoms with E-state index < -0.39 is 0 Å². The lowest BCUT2D eigenvalue weighted by molar-refractivity contribution is -0.149. The average Bonchev–Trinajstić information content (AvgIpc) is 2.51. The Morgan fingerprint density at radius 2 is 1.95 bits per heavy atom. The third-order valence-electron chi connectivity index (χ3n) is 3.98. The van der Waals surface area contributed by atoms with Crippen LogP contribution in [0.25, 0.3) is 0 Å². The molecule has 0 aliphatic carbocycles. The molecule has 0 aromatic heterocycles. The molecule has 1 aliphatic heterocycles. The first-order chi connectivity index (χ1) is 10.0. The summed E-state index contributed by atoms with van der Waals surface area (Å²) in [5.41, 5.74) is 1.09. The lowest BCUT2D eigenvalue weighted by Gasteiger charge is -2.37. The average molecular weight is 290 g/mol. The maximum atomic E-state index is 12.3. The summed E-state index contributed by atoms with van der Waals surface area (Å²) >= 11 is 0. The minimum Gasteiger partial charge on any atom is -0.497 e. The normalized spacial score (nSPS) is 18.8. The highest BCUT2D eigenvalue weighted by Crippen LogP contribution is 2.15. The molecule has 1 fully saturated rings. The number of benzene rings is 1. The molecule has 1 aliphatic rings. The third kappa shape index (κ3) is 3.54. The van der Waals surface area contributed by atoms with Crippen molar-refractivity contribution in [3.8, 4) is 5.75 Å². The largest absolute Gasteiger partial charge is 0.497 e. The Kier molecular flexibility index (Phi) is 4.83. The highest BCUT2D eigenvalue weighted by Gasteiger charge is 2.31. The second-order valence-electron chi connectivity index (χ2n) is 5.37. The van der Waals surface area contributed by atoms with E-state index in [-0.39, 0.29) is 17.9 Å². The van der Waals surface area contributed by atoms with Gasteiger partial charge in [-0.2, -0.15) is 0 Å². The van der Waals surface area contributed by atoms with E-state index in [0.29, 0.717) is 25.9 Å². The standard InChI is InChI=1S/C16H22N2O3/c1-12-16(20)17(2)10-11-18(12)15(19)9-6-13-4-7-14(21-3)8-5-13/h4-5,7-8,12H,6,9-11H2,1-3H3. The summed E-state index contributed by atoms with van der Waals surface area (Å²) in [6, 6.07) is 7.35. The summed E-state index contributed by atoms with van der Waals surface area (Å²) in [5, 5.41) is 0. The topological polar surface area (TPSA) is 49.9 Å². The zero-order valence-corrected chi connectivity index (χ0v) is 12.8. The first kappa shape index (κ1) is 15.4. The molecule has 5 nitrogen and oxygen atoms in total. The predicted octanol–water partition coefficient (Wildman–Crippen LogP) is 1.32. The van der Waals surface area contributed by atoms with Gasteiger partial charge in [-0.25, -0.2) is 0 Å². The van der Waals surface area contributed by atoms with Crippen LogP contribution in [0.15, 0.2) is 24.3 Å². The third-order valence-corrected chi connectivity index (χ3v) is 3.98. The van der Waals surface area contributed by atoms with E-state index in [1.54, 1.807) is 30.9 Å². The molecule has 0 spiro atoms. The van der Waals surface area contributed by atoms with Crippen LogP contribution in [-0.4, -0.2) is 54.9 Å². The van der Waals surface area contributed by atoms with Gasteiger partial charge in [-0.1, -0.05) is 12.1 Å². The number of ether oxygens (including phenoxy) is 1. The Balaban J connectivity index is 1.90. The number of piperazine rings is 1. The number of hydrogen-bond donors (Lipinski definition) is 0. The number of carbonyl (C=O) groups is 2. The van der Waals surface area contributed by atoms with E-state index >= 15 is 0 Å². The van der Waals surface area contributed by atoms with Crippen LogP contribution < -0.4 is 4.74 Å². The summed E-state index contributed by atoms with van der Waals surface area (Å²) in [4.78, 5) is 27.6. The van der Waals surface area contributed by atoms with Crippen LogP contribution in [0.1, 0.15) is 18.9 Å². The van der Waals surface area contributed by atoms with Crippen molar-refractivity contribution in [1.82, 2.24) is 9.80 Å². The van der Waals surface area contributed by atoms with Gasteiger partial charge in [-0.15, -0.1) is 0 Å². The fourth-order valence-corrected chi connectivity index (χ4v) is 2.54. The molecule has 1 aromatic carbocycles. The van der Waals surface area contributed by atoms with Crippen LogP contribution >= 0.6 is 0 Å². The highest BCUT2D eigenvalue weighted by atomic mass is 16.5. The molecule has 0 saturated carbocycles. The molecule has 2 rings (SSSR count). The van der Waals surface area contributed by atoms with E-state index in [2.05, 4.69) is 0 Å². The van der Waals surface area contributed by atoms with Gasteiger partial charge < -0.3 is 14.5 Å². The Bertz CT molecular complexity index is 513. The van der Waals surface area contributed by atoms with E-state index in [9.17, 15) is 9.59 Å². The molecule has 1 saturated heterocycles. The van der Waals surface area contributed by atoms with Crippen molar-refractivity contribution < 1.29 is 14.3 Å². The maximum Gasteiger partial charge on any atom is 0.244 e. The van der Waals surface area contributed by atoms with E-state index in [4.69, 9.17) is 4.74 Å². The first-order valence-electron chi connectivity index (χ1n) is 7.20. The zero-order chi connectivity index (χ0) is 15.4. The first-order valence-corrected chi connectivity index (χ1v) is 7.20. The van der Waals surface area contributed by atoms with Crippen molar-refractivity contribution in [2.45, 2.75) is 25.8 Å². The van der Waals surface area contributed by atoms with Crippen LogP contribution in [0.5, 0.6) is 5.75 Å². The molecule has 1 aromatic rings. The number of hydrogen-bond acceptors (Lipinski definition) is 3. The Labute approximate surface area is 125 Å². The van der Waals surface area contributed by atoms with Gasteiger partial charge in [-0.3, -0.25) is 9.59 Å². The van der Waals surface area contributed by atoms with Crippen LogP contribution in [0, 0.1) is 0 Å². The fourth-order valence-electron chi connectivity index (χ4n) is 2.54. The van der Waals surface area contributed by atoms with Crippen LogP contribution in [0.3, 0.4) is 0 Å². The predicted molar refractivity (Wildman–Crippen MR) is 80.1 cm³/mol. The van der Waals surface area contributed by atoms with Crippen LogP contribution in [-0.2, 0) is 16.0 Å². The van der Waals surface area contributed by atoms with E-state index in [1.165, 1.54) is 0 Å². The van der Waals surface area contributed by atoms with Gasteiger partial charge in [0.2, 0.25) is 11.8 Å². The van der Waals surface area contributed by atoms with Crippen LogP contribution in [0.4, 0.5) is 0 Å². The molecule has 0 N–H and O–H groups in total. The van der Waals surface area contributed by atoms with Crippen molar-refractivity contribution in [2.75, 3.05) is 27.2 Å². The zero-order valence-electron chi connectivity index (χ0n) is 12.8. The van der Waals surface area contributed by atoms with Crippen molar-refractivity contribution in [1.29, 1.82) is 0 Å². The maximum absolute atomic E-state index is 12.3. The van der Waals surface area contributed by atoms with Crippen molar-refractivity contribution >= 4 is 11.8 Å². The lowest BCUT2D eigenvalue weighted by Crippen LogP contribution is -2.56. The summed E-state index contributed by atoms with van der Waals surface area (Å²) in [6.45, 7) is 3.02. The van der Waals surface area contributed by atoms with Crippen LogP contribution in [0.2, 0.25) is 0 Å².